The van der Waals surface area contributed by atoms with E-state index in [2.05, 4.69) is 0 Å². The fourth-order valence-electron chi connectivity index (χ4n) is 0.756. The van der Waals surface area contributed by atoms with E-state index in [1.165, 1.54) is 12.1 Å². The molecule has 0 bridgehead atoms. The van der Waals surface area contributed by atoms with Crippen molar-refractivity contribution in [2.45, 2.75) is 0 Å². The minimum absolute atomic E-state index is 0. The zero-order valence-corrected chi connectivity index (χ0v) is 9.26. The second kappa shape index (κ2) is 4.72. The number of carbonyl (C=O) groups is 1. The number of anilines is 1. The van der Waals surface area contributed by atoms with Crippen molar-refractivity contribution < 1.29 is 39.5 Å². The number of rotatable bonds is 1. The van der Waals surface area contributed by atoms with E-state index in [0.29, 0.717) is 0 Å². The summed E-state index contributed by atoms with van der Waals surface area (Å²) < 4.78 is 0. The van der Waals surface area contributed by atoms with E-state index < -0.39 is 5.97 Å². The Bertz CT molecular complexity index is 283. The smallest absolute Gasteiger partial charge is 0.545 e. The molecule has 12 heavy (non-hydrogen) atoms. The molecule has 1 aromatic carbocycles. The number of carboxylic acids is 1. The van der Waals surface area contributed by atoms with Crippen molar-refractivity contribution in [3.8, 4) is 0 Å². The molecule has 0 fully saturated rings. The fourth-order valence-corrected chi connectivity index (χ4v) is 1.02. The number of carboxylic acid groups (broad SMARTS) is 1. The fraction of sp³-hybridized carbons (Fsp3) is 0. The summed E-state index contributed by atoms with van der Waals surface area (Å²) in [6, 6.07) is 4.48. The summed E-state index contributed by atoms with van der Waals surface area (Å²) in [6.07, 6.45) is 0. The third-order valence-corrected chi connectivity index (χ3v) is 1.56. The first-order valence-electron chi connectivity index (χ1n) is 2.88. The molecular weight excluding hydrogens is 189 g/mol. The van der Waals surface area contributed by atoms with Crippen LogP contribution in [0.5, 0.6) is 0 Å². The van der Waals surface area contributed by atoms with Crippen molar-refractivity contribution in [1.29, 1.82) is 0 Å². The number of hydrogen-bond donors (Lipinski definition) is 1. The first kappa shape index (κ1) is 11.8. The average molecular weight is 194 g/mol. The van der Waals surface area contributed by atoms with Crippen molar-refractivity contribution in [3.05, 3.63) is 28.8 Å². The molecule has 1 aromatic rings. The first-order chi connectivity index (χ1) is 5.13. The van der Waals surface area contributed by atoms with Crippen LogP contribution in [-0.2, 0) is 0 Å². The van der Waals surface area contributed by atoms with Gasteiger partial charge in [0.1, 0.15) is 0 Å². The van der Waals surface area contributed by atoms with Crippen LogP contribution >= 0.6 is 11.6 Å². The minimum atomic E-state index is -1.35. The molecule has 0 saturated carbocycles. The summed E-state index contributed by atoms with van der Waals surface area (Å²) in [7, 11) is 0. The van der Waals surface area contributed by atoms with E-state index in [0.717, 1.165) is 0 Å². The number of nitrogen functional groups attached to an aromatic ring is 1. The molecular formula is C7H5ClNNaO2. The van der Waals surface area contributed by atoms with Gasteiger partial charge >= 0.3 is 29.6 Å². The van der Waals surface area contributed by atoms with Crippen LogP contribution in [0.2, 0.25) is 5.02 Å². The average Bonchev–Trinajstić information content (AvgIpc) is 1.85. The summed E-state index contributed by atoms with van der Waals surface area (Å²) in [5.41, 5.74) is 5.30. The summed E-state index contributed by atoms with van der Waals surface area (Å²) in [4.78, 5) is 10.4. The van der Waals surface area contributed by atoms with Gasteiger partial charge in [-0.2, -0.15) is 0 Å². The number of aromatic carboxylic acids is 1. The third-order valence-electron chi connectivity index (χ3n) is 1.25. The van der Waals surface area contributed by atoms with Crippen LogP contribution in [0.4, 0.5) is 5.69 Å². The van der Waals surface area contributed by atoms with Crippen LogP contribution < -0.4 is 40.4 Å². The molecule has 0 aromatic heterocycles. The molecule has 0 aliphatic heterocycles. The van der Waals surface area contributed by atoms with E-state index in [9.17, 15) is 9.90 Å². The van der Waals surface area contributed by atoms with Crippen molar-refractivity contribution in [2.75, 3.05) is 5.73 Å². The Morgan fingerprint density at radius 3 is 2.42 bits per heavy atom. The van der Waals surface area contributed by atoms with E-state index in [-0.39, 0.29) is 45.8 Å². The first-order valence-corrected chi connectivity index (χ1v) is 3.26. The summed E-state index contributed by atoms with van der Waals surface area (Å²) in [6.45, 7) is 0. The second-order valence-corrected chi connectivity index (χ2v) is 2.40. The van der Waals surface area contributed by atoms with Crippen LogP contribution in [0.3, 0.4) is 0 Å². The van der Waals surface area contributed by atoms with Crippen LogP contribution in [0.15, 0.2) is 18.2 Å². The normalized spacial score (nSPS) is 8.75. The SMILES string of the molecule is Nc1cccc(Cl)c1C(=O)[O-].[Na+]. The Morgan fingerprint density at radius 2 is 2.08 bits per heavy atom. The third kappa shape index (κ3) is 2.38. The van der Waals surface area contributed by atoms with E-state index >= 15 is 0 Å². The number of carbonyl (C=O) groups excluding carboxylic acids is 1. The molecule has 0 spiro atoms. The molecule has 0 heterocycles. The van der Waals surface area contributed by atoms with Gasteiger partial charge in [-0.3, -0.25) is 0 Å². The van der Waals surface area contributed by atoms with Gasteiger partial charge < -0.3 is 15.6 Å². The largest absolute Gasteiger partial charge is 1.00 e. The maximum absolute atomic E-state index is 10.4. The predicted molar refractivity (Wildman–Crippen MR) is 40.2 cm³/mol. The van der Waals surface area contributed by atoms with E-state index in [4.69, 9.17) is 17.3 Å². The van der Waals surface area contributed by atoms with Crippen LogP contribution in [0.1, 0.15) is 10.4 Å². The van der Waals surface area contributed by atoms with E-state index in [1.807, 2.05) is 0 Å². The molecule has 2 N–H and O–H groups in total. The second-order valence-electron chi connectivity index (χ2n) is 1.99. The van der Waals surface area contributed by atoms with Gasteiger partial charge in [-0.25, -0.2) is 0 Å². The Kier molecular flexibility index (Phi) is 4.63. The summed E-state index contributed by atoms with van der Waals surface area (Å²) in [5, 5.41) is 10.5. The van der Waals surface area contributed by atoms with Gasteiger partial charge in [0.25, 0.3) is 0 Å². The molecule has 0 aliphatic carbocycles. The van der Waals surface area contributed by atoms with Gasteiger partial charge in [-0.15, -0.1) is 0 Å². The topological polar surface area (TPSA) is 66.2 Å². The van der Waals surface area contributed by atoms with Crippen molar-refractivity contribution in [2.24, 2.45) is 0 Å². The number of nitrogens with two attached hydrogens (primary N) is 1. The summed E-state index contributed by atoms with van der Waals surface area (Å²) >= 11 is 5.52. The molecule has 0 atom stereocenters. The van der Waals surface area contributed by atoms with Gasteiger partial charge in [-0.05, 0) is 12.1 Å². The van der Waals surface area contributed by atoms with Gasteiger partial charge in [0, 0.05) is 11.3 Å². The maximum Gasteiger partial charge on any atom is 1.00 e. The molecule has 3 nitrogen and oxygen atoms in total. The van der Waals surface area contributed by atoms with Gasteiger partial charge in [0.05, 0.1) is 11.0 Å². The van der Waals surface area contributed by atoms with Crippen LogP contribution in [0.25, 0.3) is 0 Å². The molecule has 5 heteroatoms. The molecule has 0 unspecified atom stereocenters. The Morgan fingerprint density at radius 1 is 1.50 bits per heavy atom. The molecule has 0 amide bonds. The Labute approximate surface area is 96.8 Å². The zero-order valence-electron chi connectivity index (χ0n) is 6.50. The number of benzene rings is 1. The monoisotopic (exact) mass is 193 g/mol. The number of halogens is 1. The molecule has 0 aliphatic rings. The van der Waals surface area contributed by atoms with Crippen molar-refractivity contribution in [1.82, 2.24) is 0 Å². The van der Waals surface area contributed by atoms with Gasteiger partial charge in [0.2, 0.25) is 0 Å². The standard InChI is InChI=1S/C7H6ClNO2.Na/c8-4-2-1-3-5(9)6(4)7(10)11;/h1-3H,9H2,(H,10,11);/q;+1/p-1. The Balaban J connectivity index is 0.00000121. The predicted octanol–water partition coefficient (Wildman–Crippen LogP) is -2.71. The number of hydrogen-bond acceptors (Lipinski definition) is 3. The van der Waals surface area contributed by atoms with Crippen molar-refractivity contribution >= 4 is 23.3 Å². The van der Waals surface area contributed by atoms with Gasteiger partial charge in [0.15, 0.2) is 0 Å². The Hall–Kier alpha value is -0.220. The molecule has 1 rings (SSSR count). The maximum atomic E-state index is 10.4. The summed E-state index contributed by atoms with van der Waals surface area (Å²) in [5.74, 6) is -1.35. The minimum Gasteiger partial charge on any atom is -0.545 e. The van der Waals surface area contributed by atoms with Gasteiger partial charge in [-0.1, -0.05) is 17.7 Å². The van der Waals surface area contributed by atoms with Crippen molar-refractivity contribution in [3.63, 3.8) is 0 Å². The quantitative estimate of drug-likeness (QED) is 0.390. The van der Waals surface area contributed by atoms with Crippen LogP contribution in [0, 0.1) is 0 Å². The zero-order chi connectivity index (χ0) is 8.43. The molecule has 0 radical (unpaired) electrons. The molecule has 0 saturated heterocycles. The molecule has 58 valence electrons. The van der Waals surface area contributed by atoms with Crippen LogP contribution in [-0.4, -0.2) is 5.97 Å². The van der Waals surface area contributed by atoms with E-state index in [1.54, 1.807) is 6.07 Å².